The minimum atomic E-state index is -1.78. The molecule has 2 atom stereocenters. The van der Waals surface area contributed by atoms with Gasteiger partial charge in [0.2, 0.25) is 17.5 Å². The van der Waals surface area contributed by atoms with E-state index in [0.717, 1.165) is 12.8 Å². The molecule has 0 saturated heterocycles. The van der Waals surface area contributed by atoms with Crippen molar-refractivity contribution in [1.82, 2.24) is 5.32 Å². The van der Waals surface area contributed by atoms with Gasteiger partial charge in [0.05, 0.1) is 6.04 Å². The van der Waals surface area contributed by atoms with Crippen molar-refractivity contribution in [3.8, 4) is 5.75 Å². The number of carbonyl (C=O) groups is 2. The summed E-state index contributed by atoms with van der Waals surface area (Å²) in [5.74, 6) is -9.76. The SMILES string of the molecule is NCC(F)CC[C@H](NC(=O)C1CCCC1)C(=O)COc1c(F)c(F)cc(F)c1F. The first kappa shape index (κ1) is 23.1. The van der Waals surface area contributed by atoms with Gasteiger partial charge in [0.25, 0.3) is 0 Å². The molecule has 0 radical (unpaired) electrons. The van der Waals surface area contributed by atoms with Crippen molar-refractivity contribution in [2.24, 2.45) is 11.7 Å². The van der Waals surface area contributed by atoms with E-state index >= 15 is 0 Å². The number of Topliss-reactive ketones (excluding diaryl/α,β-unsaturated/α-hetero) is 1. The number of nitrogens with one attached hydrogen (secondary N) is 1. The van der Waals surface area contributed by atoms with Crippen molar-refractivity contribution >= 4 is 11.7 Å². The van der Waals surface area contributed by atoms with Gasteiger partial charge in [0, 0.05) is 18.5 Å². The van der Waals surface area contributed by atoms with E-state index in [4.69, 9.17) is 5.73 Å². The third kappa shape index (κ3) is 6.12. The van der Waals surface area contributed by atoms with E-state index in [-0.39, 0.29) is 37.3 Å². The second-order valence-electron chi connectivity index (χ2n) is 7.01. The van der Waals surface area contributed by atoms with Crippen molar-refractivity contribution in [2.75, 3.05) is 13.2 Å². The number of halogens is 5. The lowest BCUT2D eigenvalue weighted by Gasteiger charge is -2.21. The fourth-order valence-electron chi connectivity index (χ4n) is 3.18. The van der Waals surface area contributed by atoms with E-state index in [1.54, 1.807) is 0 Å². The quantitative estimate of drug-likeness (QED) is 0.449. The number of alkyl halides is 1. The molecule has 1 aliphatic carbocycles. The molecule has 1 unspecified atom stereocenters. The van der Waals surface area contributed by atoms with Gasteiger partial charge >= 0.3 is 0 Å². The Balaban J connectivity index is 2.07. The Labute approximate surface area is 164 Å². The molecule has 29 heavy (non-hydrogen) atoms. The van der Waals surface area contributed by atoms with Crippen molar-refractivity contribution in [3.05, 3.63) is 29.3 Å². The lowest BCUT2D eigenvalue weighted by Crippen LogP contribution is -2.45. The van der Waals surface area contributed by atoms with Crippen LogP contribution >= 0.6 is 0 Å². The van der Waals surface area contributed by atoms with Crippen LogP contribution in [0.3, 0.4) is 0 Å². The molecule has 0 spiro atoms. The third-order valence-electron chi connectivity index (χ3n) is 4.89. The molecule has 1 aliphatic rings. The third-order valence-corrected chi connectivity index (χ3v) is 4.89. The first-order valence-corrected chi connectivity index (χ1v) is 9.37. The Hall–Kier alpha value is -2.23. The number of carbonyl (C=O) groups excluding carboxylic acids is 2. The Kier molecular flexibility index (Phi) is 8.36. The number of ether oxygens (including phenoxy) is 1. The molecule has 1 aromatic carbocycles. The maximum Gasteiger partial charge on any atom is 0.223 e. The fourth-order valence-corrected chi connectivity index (χ4v) is 3.18. The van der Waals surface area contributed by atoms with E-state index in [9.17, 15) is 31.5 Å². The average Bonchev–Trinajstić information content (AvgIpc) is 3.24. The lowest BCUT2D eigenvalue weighted by atomic mass is 10.0. The van der Waals surface area contributed by atoms with Crippen LogP contribution in [-0.2, 0) is 9.59 Å². The highest BCUT2D eigenvalue weighted by Crippen LogP contribution is 2.27. The topological polar surface area (TPSA) is 81.4 Å². The van der Waals surface area contributed by atoms with Crippen molar-refractivity contribution in [2.45, 2.75) is 50.7 Å². The van der Waals surface area contributed by atoms with Gasteiger partial charge in [0.15, 0.2) is 23.2 Å². The highest BCUT2D eigenvalue weighted by molar-refractivity contribution is 5.90. The molecule has 1 amide bonds. The molecule has 10 heteroatoms. The Bertz CT molecular complexity index is 715. The number of benzene rings is 1. The second-order valence-corrected chi connectivity index (χ2v) is 7.01. The number of amides is 1. The number of rotatable bonds is 10. The summed E-state index contributed by atoms with van der Waals surface area (Å²) in [6, 6.07) is -1.17. The Morgan fingerprint density at radius 1 is 1.10 bits per heavy atom. The molecule has 0 heterocycles. The molecule has 1 aromatic rings. The Morgan fingerprint density at radius 3 is 2.24 bits per heavy atom. The lowest BCUT2D eigenvalue weighted by molar-refractivity contribution is -0.131. The molecule has 1 fully saturated rings. The van der Waals surface area contributed by atoms with Crippen LogP contribution in [0.25, 0.3) is 0 Å². The first-order valence-electron chi connectivity index (χ1n) is 9.37. The van der Waals surface area contributed by atoms with Crippen LogP contribution in [-0.4, -0.2) is 37.1 Å². The van der Waals surface area contributed by atoms with Crippen LogP contribution in [0.5, 0.6) is 5.75 Å². The maximum atomic E-state index is 13.7. The van der Waals surface area contributed by atoms with Gasteiger partial charge in [0.1, 0.15) is 12.8 Å². The zero-order valence-electron chi connectivity index (χ0n) is 15.7. The summed E-state index contributed by atoms with van der Waals surface area (Å²) in [6.07, 6.45) is 1.44. The molecule has 1 saturated carbocycles. The standard InChI is InChI=1S/C19H23F5N2O3/c20-11(8-25)5-6-14(26-19(28)10-3-1-2-4-10)15(27)9-29-18-16(23)12(21)7-13(22)17(18)24/h7,10-11,14H,1-6,8-9,25H2,(H,26,28)/t11?,14-/m0/s1. The number of ketones is 1. The van der Waals surface area contributed by atoms with Gasteiger partial charge in [-0.2, -0.15) is 8.78 Å². The summed E-state index contributed by atoms with van der Waals surface area (Å²) in [5.41, 5.74) is 5.21. The largest absolute Gasteiger partial charge is 0.479 e. The predicted molar refractivity (Wildman–Crippen MR) is 93.8 cm³/mol. The molecular weight excluding hydrogens is 399 g/mol. The van der Waals surface area contributed by atoms with Gasteiger partial charge in [-0.1, -0.05) is 12.8 Å². The minimum Gasteiger partial charge on any atom is -0.479 e. The summed E-state index contributed by atoms with van der Waals surface area (Å²) < 4.78 is 71.9. The number of nitrogens with two attached hydrogens (primary N) is 1. The normalized spacial score (nSPS) is 16.5. The molecule has 2 rings (SSSR count). The summed E-state index contributed by atoms with van der Waals surface area (Å²) in [6.45, 7) is -1.24. The van der Waals surface area contributed by atoms with E-state index in [1.807, 2.05) is 0 Å². The molecule has 0 aliphatic heterocycles. The van der Waals surface area contributed by atoms with Crippen LogP contribution in [0.15, 0.2) is 6.07 Å². The molecule has 0 aromatic heterocycles. The van der Waals surface area contributed by atoms with Gasteiger partial charge in [-0.15, -0.1) is 0 Å². The zero-order chi connectivity index (χ0) is 21.6. The summed E-state index contributed by atoms with van der Waals surface area (Å²) in [5, 5.41) is 2.51. The van der Waals surface area contributed by atoms with Gasteiger partial charge in [-0.05, 0) is 25.7 Å². The molecule has 162 valence electrons. The summed E-state index contributed by atoms with van der Waals surface area (Å²) in [7, 11) is 0. The average molecular weight is 422 g/mol. The highest BCUT2D eigenvalue weighted by atomic mass is 19.2. The van der Waals surface area contributed by atoms with Gasteiger partial charge < -0.3 is 15.8 Å². The van der Waals surface area contributed by atoms with Crippen LogP contribution in [0.1, 0.15) is 38.5 Å². The molecular formula is C19H23F5N2O3. The number of hydrogen-bond donors (Lipinski definition) is 2. The van der Waals surface area contributed by atoms with Crippen molar-refractivity contribution in [1.29, 1.82) is 0 Å². The summed E-state index contributed by atoms with van der Waals surface area (Å²) in [4.78, 5) is 24.7. The minimum absolute atomic E-state index is 0.0121. The highest BCUT2D eigenvalue weighted by Gasteiger charge is 2.29. The Morgan fingerprint density at radius 2 is 1.69 bits per heavy atom. The molecule has 3 N–H and O–H groups in total. The molecule has 0 bridgehead atoms. The van der Waals surface area contributed by atoms with E-state index in [1.165, 1.54) is 0 Å². The maximum absolute atomic E-state index is 13.7. The van der Waals surface area contributed by atoms with E-state index < -0.39 is 53.6 Å². The monoisotopic (exact) mass is 422 g/mol. The number of hydrogen-bond acceptors (Lipinski definition) is 4. The first-order chi connectivity index (χ1) is 13.7. The van der Waals surface area contributed by atoms with Gasteiger partial charge in [-0.25, -0.2) is 13.2 Å². The second kappa shape index (κ2) is 10.5. The van der Waals surface area contributed by atoms with Crippen LogP contribution < -0.4 is 15.8 Å². The van der Waals surface area contributed by atoms with E-state index in [2.05, 4.69) is 10.1 Å². The smallest absolute Gasteiger partial charge is 0.223 e. The van der Waals surface area contributed by atoms with Crippen LogP contribution in [0.2, 0.25) is 0 Å². The molecule has 5 nitrogen and oxygen atoms in total. The van der Waals surface area contributed by atoms with Crippen LogP contribution in [0, 0.1) is 29.2 Å². The fraction of sp³-hybridized carbons (Fsp3) is 0.579. The predicted octanol–water partition coefficient (Wildman–Crippen LogP) is 2.94. The van der Waals surface area contributed by atoms with Crippen LogP contribution in [0.4, 0.5) is 22.0 Å². The van der Waals surface area contributed by atoms with Crippen molar-refractivity contribution in [3.63, 3.8) is 0 Å². The zero-order valence-corrected chi connectivity index (χ0v) is 15.7. The van der Waals surface area contributed by atoms with Crippen molar-refractivity contribution < 1.29 is 36.3 Å². The van der Waals surface area contributed by atoms with E-state index in [0.29, 0.717) is 12.8 Å². The van der Waals surface area contributed by atoms with Gasteiger partial charge in [-0.3, -0.25) is 9.59 Å². The summed E-state index contributed by atoms with van der Waals surface area (Å²) >= 11 is 0.